The lowest BCUT2D eigenvalue weighted by atomic mass is 10.3. The molecular formula is C5H10N2O. The van der Waals surface area contributed by atoms with E-state index in [1.54, 1.807) is 6.20 Å². The van der Waals surface area contributed by atoms with Gasteiger partial charge in [0.05, 0.1) is 0 Å². The number of rotatable bonds is 3. The fourth-order valence-corrected chi connectivity index (χ4v) is 0.235. The zero-order valence-corrected chi connectivity index (χ0v) is 4.85. The number of hydrogen-bond acceptors (Lipinski definition) is 2. The van der Waals surface area contributed by atoms with E-state index in [2.05, 4.69) is 5.32 Å². The van der Waals surface area contributed by atoms with Crippen LogP contribution in [0.5, 0.6) is 0 Å². The van der Waals surface area contributed by atoms with Crippen LogP contribution in [0.4, 0.5) is 0 Å². The summed E-state index contributed by atoms with van der Waals surface area (Å²) >= 11 is 0. The fraction of sp³-hybridized carbons (Fsp3) is 0.400. The van der Waals surface area contributed by atoms with E-state index in [1.807, 2.05) is 6.92 Å². The molecule has 0 saturated carbocycles. The molecule has 0 spiro atoms. The second-order valence-electron chi connectivity index (χ2n) is 1.48. The number of hydrogen-bond donors (Lipinski definition) is 2. The maximum absolute atomic E-state index is 9.63. The van der Waals surface area contributed by atoms with Gasteiger partial charge in [-0.2, -0.15) is 0 Å². The highest BCUT2D eigenvalue weighted by atomic mass is 16.1. The molecule has 0 aromatic rings. The van der Waals surface area contributed by atoms with Gasteiger partial charge in [-0.3, -0.25) is 4.79 Å². The lowest BCUT2D eigenvalue weighted by Gasteiger charge is -1.90. The van der Waals surface area contributed by atoms with Gasteiger partial charge in [0.1, 0.15) is 0 Å². The largest absolute Gasteiger partial charge is 0.335 e. The Kier molecular flexibility index (Phi) is 3.88. The lowest BCUT2D eigenvalue weighted by Crippen LogP contribution is -2.06. The van der Waals surface area contributed by atoms with Crippen molar-refractivity contribution in [1.82, 2.24) is 5.32 Å². The van der Waals surface area contributed by atoms with Crippen molar-refractivity contribution in [3.8, 4) is 0 Å². The molecule has 0 aromatic heterocycles. The molecule has 1 amide bonds. The van der Waals surface area contributed by atoms with Gasteiger partial charge in [-0.25, -0.2) is 0 Å². The number of nitrogens with one attached hydrogen (secondary N) is 1. The van der Waals surface area contributed by atoms with Crippen molar-refractivity contribution >= 4 is 6.41 Å². The average molecular weight is 114 g/mol. The Labute approximate surface area is 48.6 Å². The highest BCUT2D eigenvalue weighted by Crippen LogP contribution is 1.81. The summed E-state index contributed by atoms with van der Waals surface area (Å²) in [5, 5.41) is 2.38. The van der Waals surface area contributed by atoms with Crippen molar-refractivity contribution in [2.45, 2.75) is 6.92 Å². The number of carbonyl (C=O) groups excluding carboxylic acids is 1. The van der Waals surface area contributed by atoms with E-state index < -0.39 is 0 Å². The van der Waals surface area contributed by atoms with E-state index in [0.717, 1.165) is 5.57 Å². The third-order valence-electron chi connectivity index (χ3n) is 0.720. The molecule has 0 unspecified atom stereocenters. The zero-order chi connectivity index (χ0) is 6.41. The van der Waals surface area contributed by atoms with Gasteiger partial charge in [0, 0.05) is 12.7 Å². The van der Waals surface area contributed by atoms with Crippen LogP contribution in [0.3, 0.4) is 0 Å². The van der Waals surface area contributed by atoms with Crippen molar-refractivity contribution in [3.63, 3.8) is 0 Å². The zero-order valence-electron chi connectivity index (χ0n) is 4.85. The summed E-state index contributed by atoms with van der Waals surface area (Å²) in [6, 6.07) is 0. The van der Waals surface area contributed by atoms with Crippen LogP contribution in [0.1, 0.15) is 6.92 Å². The molecule has 0 bridgehead atoms. The maximum atomic E-state index is 9.63. The van der Waals surface area contributed by atoms with Crippen LogP contribution in [0.2, 0.25) is 0 Å². The Balaban J connectivity index is 3.40. The second kappa shape index (κ2) is 4.33. The van der Waals surface area contributed by atoms with Gasteiger partial charge in [-0.1, -0.05) is 0 Å². The first-order chi connectivity index (χ1) is 3.81. The first-order valence-electron chi connectivity index (χ1n) is 2.36. The predicted molar refractivity (Wildman–Crippen MR) is 32.0 cm³/mol. The molecule has 8 heavy (non-hydrogen) atoms. The van der Waals surface area contributed by atoms with Gasteiger partial charge in [-0.05, 0) is 12.5 Å². The summed E-state index contributed by atoms with van der Waals surface area (Å²) in [4.78, 5) is 9.63. The minimum absolute atomic E-state index is 0.487. The Morgan fingerprint density at radius 2 is 2.50 bits per heavy atom. The maximum Gasteiger partial charge on any atom is 0.211 e. The molecule has 0 heterocycles. The van der Waals surface area contributed by atoms with E-state index in [1.165, 1.54) is 0 Å². The second-order valence-corrected chi connectivity index (χ2v) is 1.48. The van der Waals surface area contributed by atoms with Gasteiger partial charge in [-0.15, -0.1) is 0 Å². The molecule has 46 valence electrons. The van der Waals surface area contributed by atoms with Crippen molar-refractivity contribution in [3.05, 3.63) is 11.8 Å². The molecule has 0 radical (unpaired) electrons. The quantitative estimate of drug-likeness (QED) is 0.490. The van der Waals surface area contributed by atoms with Gasteiger partial charge in [0.25, 0.3) is 0 Å². The number of amides is 1. The van der Waals surface area contributed by atoms with Crippen LogP contribution in [0.15, 0.2) is 11.8 Å². The summed E-state index contributed by atoms with van der Waals surface area (Å²) < 4.78 is 0. The Bertz CT molecular complexity index is 98.6. The van der Waals surface area contributed by atoms with Gasteiger partial charge in [0.2, 0.25) is 6.41 Å². The lowest BCUT2D eigenvalue weighted by molar-refractivity contribution is -0.108. The summed E-state index contributed by atoms with van der Waals surface area (Å²) in [6.45, 7) is 2.33. The van der Waals surface area contributed by atoms with Crippen LogP contribution in [-0.2, 0) is 4.79 Å². The molecule has 3 nitrogen and oxygen atoms in total. The van der Waals surface area contributed by atoms with Crippen molar-refractivity contribution in [2.24, 2.45) is 5.73 Å². The summed E-state index contributed by atoms with van der Waals surface area (Å²) in [5.74, 6) is 0. The van der Waals surface area contributed by atoms with Crippen LogP contribution in [-0.4, -0.2) is 13.0 Å². The third kappa shape index (κ3) is 3.36. The average Bonchev–Trinajstić information content (AvgIpc) is 1.83. The highest BCUT2D eigenvalue weighted by molar-refractivity contribution is 5.48. The normalized spacial score (nSPS) is 11.0. The molecule has 0 fully saturated rings. The van der Waals surface area contributed by atoms with E-state index in [4.69, 9.17) is 5.73 Å². The van der Waals surface area contributed by atoms with Crippen LogP contribution < -0.4 is 11.1 Å². The first kappa shape index (κ1) is 7.17. The molecule has 0 aliphatic rings. The van der Waals surface area contributed by atoms with E-state index in [0.29, 0.717) is 13.0 Å². The smallest absolute Gasteiger partial charge is 0.211 e. The first-order valence-corrected chi connectivity index (χ1v) is 2.36. The third-order valence-corrected chi connectivity index (χ3v) is 0.720. The van der Waals surface area contributed by atoms with Crippen molar-refractivity contribution in [2.75, 3.05) is 6.54 Å². The van der Waals surface area contributed by atoms with Gasteiger partial charge < -0.3 is 11.1 Å². The molecule has 3 N–H and O–H groups in total. The SMILES string of the molecule is C/C(=C/NC=O)CN. The van der Waals surface area contributed by atoms with E-state index in [9.17, 15) is 4.79 Å². The molecule has 0 atom stereocenters. The molecular weight excluding hydrogens is 104 g/mol. The summed E-state index contributed by atoms with van der Waals surface area (Å²) in [5.41, 5.74) is 6.14. The van der Waals surface area contributed by atoms with E-state index >= 15 is 0 Å². The Hall–Kier alpha value is -0.830. The fourth-order valence-electron chi connectivity index (χ4n) is 0.235. The van der Waals surface area contributed by atoms with Crippen LogP contribution in [0, 0.1) is 0 Å². The Morgan fingerprint density at radius 1 is 1.88 bits per heavy atom. The summed E-state index contributed by atoms with van der Waals surface area (Å²) in [7, 11) is 0. The Morgan fingerprint density at radius 3 is 2.88 bits per heavy atom. The van der Waals surface area contributed by atoms with Crippen molar-refractivity contribution in [1.29, 1.82) is 0 Å². The molecule has 3 heteroatoms. The predicted octanol–water partition coefficient (Wildman–Crippen LogP) is -0.405. The molecule has 0 aliphatic heterocycles. The highest BCUT2D eigenvalue weighted by Gasteiger charge is 1.78. The minimum atomic E-state index is 0.487. The van der Waals surface area contributed by atoms with Crippen LogP contribution >= 0.6 is 0 Å². The molecule has 0 rings (SSSR count). The van der Waals surface area contributed by atoms with Gasteiger partial charge in [0.15, 0.2) is 0 Å². The van der Waals surface area contributed by atoms with Crippen LogP contribution in [0.25, 0.3) is 0 Å². The standard InChI is InChI=1S/C5H10N2O/c1-5(2-6)3-7-4-8/h3-4H,2,6H2,1H3,(H,7,8)/b5-3-. The number of nitrogens with two attached hydrogens (primary N) is 1. The number of carbonyl (C=O) groups is 1. The van der Waals surface area contributed by atoms with Crippen molar-refractivity contribution < 1.29 is 4.79 Å². The van der Waals surface area contributed by atoms with E-state index in [-0.39, 0.29) is 0 Å². The monoisotopic (exact) mass is 114 g/mol. The van der Waals surface area contributed by atoms with Gasteiger partial charge >= 0.3 is 0 Å². The summed E-state index contributed by atoms with van der Waals surface area (Å²) in [6.07, 6.45) is 2.19. The molecule has 0 aliphatic carbocycles. The topological polar surface area (TPSA) is 55.1 Å². The molecule has 0 saturated heterocycles. The molecule has 0 aromatic carbocycles. The minimum Gasteiger partial charge on any atom is -0.335 e.